The molecule has 0 spiro atoms. The van der Waals surface area contributed by atoms with Crippen molar-refractivity contribution in [3.05, 3.63) is 58.6 Å². The van der Waals surface area contributed by atoms with Crippen LogP contribution in [-0.2, 0) is 6.18 Å². The fourth-order valence-corrected chi connectivity index (χ4v) is 3.62. The lowest BCUT2D eigenvalue weighted by Gasteiger charge is -2.14. The van der Waals surface area contributed by atoms with Gasteiger partial charge in [-0.15, -0.1) is 10.2 Å². The van der Waals surface area contributed by atoms with E-state index in [1.165, 1.54) is 10.6 Å². The predicted octanol–water partition coefficient (Wildman–Crippen LogP) is 5.72. The molecule has 4 nitrogen and oxygen atoms in total. The molecule has 1 aromatic heterocycles. The van der Waals surface area contributed by atoms with E-state index in [4.69, 9.17) is 5.26 Å². The SMILES string of the molecule is CC(C#N)Sc1nnc(-c2ccccc2Br)n1-c1cccc(C(F)(F)F)c1. The van der Waals surface area contributed by atoms with Crippen molar-refractivity contribution in [2.24, 2.45) is 0 Å². The molecule has 0 radical (unpaired) electrons. The van der Waals surface area contributed by atoms with Crippen LogP contribution in [0.2, 0.25) is 0 Å². The molecule has 3 aromatic rings. The van der Waals surface area contributed by atoms with Gasteiger partial charge in [0.2, 0.25) is 0 Å². The second-order valence-electron chi connectivity index (χ2n) is 5.56. The van der Waals surface area contributed by atoms with Crippen LogP contribution in [0.25, 0.3) is 17.1 Å². The van der Waals surface area contributed by atoms with Crippen LogP contribution in [0.4, 0.5) is 13.2 Å². The highest BCUT2D eigenvalue weighted by atomic mass is 79.9. The molecule has 1 unspecified atom stereocenters. The number of thioether (sulfide) groups is 1. The second kappa shape index (κ2) is 7.74. The molecule has 2 aromatic carbocycles. The average Bonchev–Trinajstić information content (AvgIpc) is 3.04. The summed E-state index contributed by atoms with van der Waals surface area (Å²) in [6, 6.07) is 14.3. The summed E-state index contributed by atoms with van der Waals surface area (Å²) >= 11 is 4.57. The first-order valence-corrected chi connectivity index (χ1v) is 9.42. The van der Waals surface area contributed by atoms with Gasteiger partial charge in [0.05, 0.1) is 22.6 Å². The fourth-order valence-electron chi connectivity index (χ4n) is 2.40. The van der Waals surface area contributed by atoms with Crippen LogP contribution < -0.4 is 0 Å². The molecule has 1 heterocycles. The highest BCUT2D eigenvalue weighted by Crippen LogP contribution is 2.35. The van der Waals surface area contributed by atoms with E-state index < -0.39 is 17.0 Å². The van der Waals surface area contributed by atoms with Gasteiger partial charge in [-0.2, -0.15) is 18.4 Å². The van der Waals surface area contributed by atoms with Gasteiger partial charge in [-0.3, -0.25) is 4.57 Å². The summed E-state index contributed by atoms with van der Waals surface area (Å²) in [5, 5.41) is 17.3. The first kappa shape index (κ1) is 19.5. The molecule has 0 aliphatic rings. The number of halogens is 4. The fraction of sp³-hybridized carbons (Fsp3) is 0.167. The topological polar surface area (TPSA) is 54.5 Å². The molecule has 0 saturated heterocycles. The normalized spacial score (nSPS) is 12.6. The Morgan fingerprint density at radius 1 is 1.15 bits per heavy atom. The summed E-state index contributed by atoms with van der Waals surface area (Å²) in [7, 11) is 0. The maximum Gasteiger partial charge on any atom is 0.416 e. The van der Waals surface area contributed by atoms with Gasteiger partial charge in [-0.05, 0) is 31.2 Å². The van der Waals surface area contributed by atoms with E-state index in [9.17, 15) is 13.2 Å². The molecule has 0 N–H and O–H groups in total. The first-order chi connectivity index (χ1) is 12.8. The van der Waals surface area contributed by atoms with Crippen LogP contribution in [0.15, 0.2) is 58.2 Å². The molecule has 3 rings (SSSR count). The van der Waals surface area contributed by atoms with Crippen LogP contribution in [0, 0.1) is 11.3 Å². The molecule has 27 heavy (non-hydrogen) atoms. The van der Waals surface area contributed by atoms with Crippen molar-refractivity contribution in [1.82, 2.24) is 14.8 Å². The molecule has 0 bridgehead atoms. The monoisotopic (exact) mass is 452 g/mol. The molecule has 0 aliphatic heterocycles. The number of rotatable bonds is 4. The van der Waals surface area contributed by atoms with Gasteiger partial charge in [-0.1, -0.05) is 52.0 Å². The highest BCUT2D eigenvalue weighted by molar-refractivity contribution is 9.10. The summed E-state index contributed by atoms with van der Waals surface area (Å²) in [4.78, 5) is 0. The summed E-state index contributed by atoms with van der Waals surface area (Å²) in [6.45, 7) is 1.69. The zero-order chi connectivity index (χ0) is 19.6. The summed E-state index contributed by atoms with van der Waals surface area (Å²) in [5.74, 6) is 0.384. The average molecular weight is 453 g/mol. The molecular weight excluding hydrogens is 441 g/mol. The van der Waals surface area contributed by atoms with E-state index in [1.54, 1.807) is 25.1 Å². The lowest BCUT2D eigenvalue weighted by atomic mass is 10.1. The van der Waals surface area contributed by atoms with E-state index >= 15 is 0 Å². The Labute approximate surface area is 166 Å². The van der Waals surface area contributed by atoms with Crippen molar-refractivity contribution in [2.75, 3.05) is 0 Å². The molecule has 0 amide bonds. The number of aromatic nitrogens is 3. The van der Waals surface area contributed by atoms with Gasteiger partial charge in [0.25, 0.3) is 0 Å². The molecular formula is C18H12BrF3N4S. The highest BCUT2D eigenvalue weighted by Gasteiger charge is 2.31. The Morgan fingerprint density at radius 2 is 1.89 bits per heavy atom. The van der Waals surface area contributed by atoms with E-state index in [0.29, 0.717) is 16.5 Å². The minimum absolute atomic E-state index is 0.271. The Kier molecular flexibility index (Phi) is 5.58. The van der Waals surface area contributed by atoms with Crippen molar-refractivity contribution in [3.63, 3.8) is 0 Å². The van der Waals surface area contributed by atoms with Crippen LogP contribution in [0.1, 0.15) is 12.5 Å². The van der Waals surface area contributed by atoms with Crippen LogP contribution in [0.5, 0.6) is 0 Å². The lowest BCUT2D eigenvalue weighted by Crippen LogP contribution is -2.07. The van der Waals surface area contributed by atoms with Crippen molar-refractivity contribution < 1.29 is 13.2 Å². The molecule has 0 aliphatic carbocycles. The zero-order valence-electron chi connectivity index (χ0n) is 13.9. The third-order valence-corrected chi connectivity index (χ3v) is 5.27. The smallest absolute Gasteiger partial charge is 0.270 e. The second-order valence-corrected chi connectivity index (χ2v) is 7.72. The Bertz CT molecular complexity index is 1010. The van der Waals surface area contributed by atoms with Crippen molar-refractivity contribution in [1.29, 1.82) is 5.26 Å². The molecule has 0 saturated carbocycles. The van der Waals surface area contributed by atoms with Gasteiger partial charge >= 0.3 is 6.18 Å². The summed E-state index contributed by atoms with van der Waals surface area (Å²) in [6.07, 6.45) is -4.47. The third-order valence-electron chi connectivity index (χ3n) is 3.64. The quantitative estimate of drug-likeness (QED) is 0.475. The van der Waals surface area contributed by atoms with Crippen molar-refractivity contribution in [2.45, 2.75) is 23.5 Å². The zero-order valence-corrected chi connectivity index (χ0v) is 16.3. The Morgan fingerprint density at radius 3 is 2.56 bits per heavy atom. The van der Waals surface area contributed by atoms with E-state index in [1.807, 2.05) is 12.1 Å². The number of benzene rings is 2. The largest absolute Gasteiger partial charge is 0.416 e. The third kappa shape index (κ3) is 4.17. The van der Waals surface area contributed by atoms with Crippen LogP contribution in [0.3, 0.4) is 0 Å². The Hall–Kier alpha value is -2.31. The summed E-state index contributed by atoms with van der Waals surface area (Å²) in [5.41, 5.74) is 0.183. The van der Waals surface area contributed by atoms with E-state index in [-0.39, 0.29) is 5.69 Å². The number of nitrogens with zero attached hydrogens (tertiary/aromatic N) is 4. The minimum atomic E-state index is -4.47. The maximum atomic E-state index is 13.2. The molecule has 138 valence electrons. The standard InChI is InChI=1S/C18H12BrF3N4S/c1-11(10-23)27-17-25-24-16(14-7-2-3-8-15(14)19)26(17)13-6-4-5-12(9-13)18(20,21)22/h2-9,11H,1H3. The minimum Gasteiger partial charge on any atom is -0.270 e. The van der Waals surface area contributed by atoms with Gasteiger partial charge in [0, 0.05) is 10.0 Å². The number of nitriles is 1. The predicted molar refractivity (Wildman–Crippen MR) is 100 cm³/mol. The van der Waals surface area contributed by atoms with E-state index in [2.05, 4.69) is 32.2 Å². The molecule has 1 atom stereocenters. The van der Waals surface area contributed by atoms with E-state index in [0.717, 1.165) is 28.4 Å². The van der Waals surface area contributed by atoms with Gasteiger partial charge in [0.15, 0.2) is 11.0 Å². The summed E-state index contributed by atoms with van der Waals surface area (Å²) < 4.78 is 41.8. The van der Waals surface area contributed by atoms with Crippen LogP contribution in [-0.4, -0.2) is 20.0 Å². The first-order valence-electron chi connectivity index (χ1n) is 7.75. The number of alkyl halides is 3. The Balaban J connectivity index is 2.22. The van der Waals surface area contributed by atoms with Crippen LogP contribution >= 0.6 is 27.7 Å². The van der Waals surface area contributed by atoms with Gasteiger partial charge in [0.1, 0.15) is 0 Å². The van der Waals surface area contributed by atoms with Crippen molar-refractivity contribution >= 4 is 27.7 Å². The molecule has 0 fully saturated rings. The molecule has 9 heteroatoms. The maximum absolute atomic E-state index is 13.2. The van der Waals surface area contributed by atoms with Crippen molar-refractivity contribution in [3.8, 4) is 23.1 Å². The number of hydrogen-bond acceptors (Lipinski definition) is 4. The number of hydrogen-bond donors (Lipinski definition) is 0. The lowest BCUT2D eigenvalue weighted by molar-refractivity contribution is -0.137. The van der Waals surface area contributed by atoms with Gasteiger partial charge in [-0.25, -0.2) is 0 Å². The van der Waals surface area contributed by atoms with Gasteiger partial charge < -0.3 is 0 Å².